The van der Waals surface area contributed by atoms with Gasteiger partial charge in [-0.15, -0.1) is 0 Å². The second-order valence-electron chi connectivity index (χ2n) is 5.60. The molecule has 0 aromatic carbocycles. The fraction of sp³-hybridized carbons (Fsp3) is 0.786. The maximum Gasteiger partial charge on any atom is 0.0739 e. The molecule has 0 radical (unpaired) electrons. The summed E-state index contributed by atoms with van der Waals surface area (Å²) in [4.78, 5) is 2.56. The lowest BCUT2D eigenvalue weighted by atomic mass is 9.90. The van der Waals surface area contributed by atoms with Crippen LogP contribution in [0.1, 0.15) is 44.0 Å². The van der Waals surface area contributed by atoms with Crippen LogP contribution >= 0.6 is 15.9 Å². The van der Waals surface area contributed by atoms with Crippen molar-refractivity contribution in [2.45, 2.75) is 58.2 Å². The Bertz CT molecular complexity index is 421. The van der Waals surface area contributed by atoms with E-state index in [1.165, 1.54) is 18.5 Å². The monoisotopic (exact) mass is 328 g/mol. The van der Waals surface area contributed by atoms with Crippen LogP contribution in [0, 0.1) is 6.92 Å². The fourth-order valence-electron chi connectivity index (χ4n) is 3.01. The number of hydrogen-bond donors (Lipinski definition) is 1. The van der Waals surface area contributed by atoms with Crippen LogP contribution in [0.25, 0.3) is 0 Å². The molecule has 0 spiro atoms. The van der Waals surface area contributed by atoms with Crippen LogP contribution in [-0.4, -0.2) is 33.3 Å². The van der Waals surface area contributed by atoms with Crippen molar-refractivity contribution in [3.05, 3.63) is 15.9 Å². The van der Waals surface area contributed by atoms with Crippen molar-refractivity contribution in [2.75, 3.05) is 6.54 Å². The molecule has 0 unspecified atom stereocenters. The lowest BCUT2D eigenvalue weighted by molar-refractivity contribution is 0.146. The molecule has 0 bridgehead atoms. The third kappa shape index (κ3) is 3.38. The summed E-state index contributed by atoms with van der Waals surface area (Å²) in [5.41, 5.74) is 8.34. The van der Waals surface area contributed by atoms with Gasteiger partial charge in [-0.25, -0.2) is 0 Å². The molecule has 1 saturated carbocycles. The number of aryl methyl sites for hydroxylation is 2. The molecular formula is C14H25BrN4. The molecule has 0 atom stereocenters. The lowest BCUT2D eigenvalue weighted by Crippen LogP contribution is -2.40. The summed E-state index contributed by atoms with van der Waals surface area (Å²) in [5.74, 6) is 0. The minimum absolute atomic E-state index is 0.417. The molecule has 2 rings (SSSR count). The molecule has 1 aliphatic carbocycles. The Morgan fingerprint density at radius 1 is 1.37 bits per heavy atom. The Balaban J connectivity index is 2.06. The van der Waals surface area contributed by atoms with Crippen LogP contribution < -0.4 is 5.73 Å². The minimum atomic E-state index is 0.417. The summed E-state index contributed by atoms with van der Waals surface area (Å²) < 4.78 is 3.15. The molecule has 19 heavy (non-hydrogen) atoms. The van der Waals surface area contributed by atoms with Gasteiger partial charge in [-0.2, -0.15) is 5.10 Å². The summed E-state index contributed by atoms with van der Waals surface area (Å²) in [6, 6.07) is 1.09. The van der Waals surface area contributed by atoms with Crippen LogP contribution in [0.2, 0.25) is 0 Å². The van der Waals surface area contributed by atoms with Gasteiger partial charge in [0.25, 0.3) is 0 Å². The topological polar surface area (TPSA) is 47.1 Å². The standard InChI is InChI=1S/C14H25BrN4/c1-4-19(12-7-5-11(16)6-8-12)9-13-14(15)10(2)17-18(13)3/h11-12H,4-9,16H2,1-3H3. The van der Waals surface area contributed by atoms with Crippen molar-refractivity contribution in [1.82, 2.24) is 14.7 Å². The van der Waals surface area contributed by atoms with Crippen molar-refractivity contribution < 1.29 is 0 Å². The van der Waals surface area contributed by atoms with Crippen molar-refractivity contribution in [3.63, 3.8) is 0 Å². The van der Waals surface area contributed by atoms with Crippen molar-refractivity contribution in [2.24, 2.45) is 12.8 Å². The van der Waals surface area contributed by atoms with E-state index in [2.05, 4.69) is 32.9 Å². The third-order valence-corrected chi connectivity index (χ3v) is 5.31. The van der Waals surface area contributed by atoms with Crippen LogP contribution in [0.5, 0.6) is 0 Å². The van der Waals surface area contributed by atoms with Crippen molar-refractivity contribution in [1.29, 1.82) is 0 Å². The van der Waals surface area contributed by atoms with E-state index in [1.54, 1.807) is 0 Å². The molecule has 2 N–H and O–H groups in total. The van der Waals surface area contributed by atoms with Crippen molar-refractivity contribution >= 4 is 15.9 Å². The third-order valence-electron chi connectivity index (χ3n) is 4.28. The lowest BCUT2D eigenvalue weighted by Gasteiger charge is -2.35. The Kier molecular flexibility index (Phi) is 5.03. The van der Waals surface area contributed by atoms with E-state index in [1.807, 2.05) is 18.7 Å². The molecule has 108 valence electrons. The highest BCUT2D eigenvalue weighted by atomic mass is 79.9. The molecular weight excluding hydrogens is 304 g/mol. The zero-order valence-corrected chi connectivity index (χ0v) is 13.8. The predicted octanol–water partition coefficient (Wildman–Crippen LogP) is 2.58. The first-order valence-electron chi connectivity index (χ1n) is 7.20. The molecule has 0 aliphatic heterocycles. The van der Waals surface area contributed by atoms with Crippen LogP contribution in [0.4, 0.5) is 0 Å². The van der Waals surface area contributed by atoms with Gasteiger partial charge < -0.3 is 5.73 Å². The van der Waals surface area contributed by atoms with E-state index in [0.717, 1.165) is 36.1 Å². The second-order valence-corrected chi connectivity index (χ2v) is 6.39. The van der Waals surface area contributed by atoms with E-state index < -0.39 is 0 Å². The van der Waals surface area contributed by atoms with Gasteiger partial charge in [0.2, 0.25) is 0 Å². The summed E-state index contributed by atoms with van der Waals surface area (Å²) in [6.45, 7) is 6.33. The molecule has 0 amide bonds. The highest BCUT2D eigenvalue weighted by Crippen LogP contribution is 2.26. The van der Waals surface area contributed by atoms with Gasteiger partial charge in [0.1, 0.15) is 0 Å². The van der Waals surface area contributed by atoms with E-state index in [9.17, 15) is 0 Å². The number of nitrogens with zero attached hydrogens (tertiary/aromatic N) is 3. The van der Waals surface area contributed by atoms with Gasteiger partial charge in [0.15, 0.2) is 0 Å². The number of hydrogen-bond acceptors (Lipinski definition) is 3. The highest BCUT2D eigenvalue weighted by molar-refractivity contribution is 9.10. The van der Waals surface area contributed by atoms with Crippen LogP contribution in [0.3, 0.4) is 0 Å². The van der Waals surface area contributed by atoms with Gasteiger partial charge in [-0.3, -0.25) is 9.58 Å². The maximum atomic E-state index is 6.00. The van der Waals surface area contributed by atoms with E-state index in [4.69, 9.17) is 5.73 Å². The molecule has 0 saturated heterocycles. The zero-order chi connectivity index (χ0) is 14.0. The van der Waals surface area contributed by atoms with E-state index >= 15 is 0 Å². The molecule has 4 nitrogen and oxygen atoms in total. The molecule has 1 aliphatic rings. The van der Waals surface area contributed by atoms with Crippen LogP contribution in [0.15, 0.2) is 4.47 Å². The van der Waals surface area contributed by atoms with E-state index in [-0.39, 0.29) is 0 Å². The molecule has 1 aromatic heterocycles. The first-order chi connectivity index (χ1) is 9.02. The summed E-state index contributed by atoms with van der Waals surface area (Å²) in [5, 5.41) is 4.48. The Morgan fingerprint density at radius 2 is 2.00 bits per heavy atom. The van der Waals surface area contributed by atoms with Gasteiger partial charge in [-0.05, 0) is 55.1 Å². The van der Waals surface area contributed by atoms with Crippen LogP contribution in [-0.2, 0) is 13.6 Å². The van der Waals surface area contributed by atoms with Gasteiger partial charge >= 0.3 is 0 Å². The number of nitrogens with two attached hydrogens (primary N) is 1. The maximum absolute atomic E-state index is 6.00. The predicted molar refractivity (Wildman–Crippen MR) is 82.0 cm³/mol. The average molecular weight is 329 g/mol. The normalized spacial score (nSPS) is 24.1. The quantitative estimate of drug-likeness (QED) is 0.924. The van der Waals surface area contributed by atoms with Gasteiger partial charge in [-0.1, -0.05) is 6.92 Å². The van der Waals surface area contributed by atoms with E-state index in [0.29, 0.717) is 12.1 Å². The SMILES string of the molecule is CCN(Cc1c(Br)c(C)nn1C)C1CCC(N)CC1. The van der Waals surface area contributed by atoms with Gasteiger partial charge in [0.05, 0.1) is 15.9 Å². The molecule has 1 heterocycles. The van der Waals surface area contributed by atoms with Gasteiger partial charge in [0, 0.05) is 25.7 Å². The Labute approximate surface area is 124 Å². The summed E-state index contributed by atoms with van der Waals surface area (Å²) >= 11 is 3.66. The molecule has 1 fully saturated rings. The van der Waals surface area contributed by atoms with Crippen molar-refractivity contribution in [3.8, 4) is 0 Å². The molecule has 5 heteroatoms. The number of aromatic nitrogens is 2. The summed E-state index contributed by atoms with van der Waals surface area (Å²) in [7, 11) is 2.03. The average Bonchev–Trinajstić information content (AvgIpc) is 2.63. The first kappa shape index (κ1) is 15.0. The summed E-state index contributed by atoms with van der Waals surface area (Å²) in [6.07, 6.45) is 4.77. The highest BCUT2D eigenvalue weighted by Gasteiger charge is 2.25. The Morgan fingerprint density at radius 3 is 2.47 bits per heavy atom. The largest absolute Gasteiger partial charge is 0.328 e. The second kappa shape index (κ2) is 6.37. The zero-order valence-electron chi connectivity index (χ0n) is 12.2. The molecule has 1 aromatic rings. The number of halogens is 1. The minimum Gasteiger partial charge on any atom is -0.328 e. The first-order valence-corrected chi connectivity index (χ1v) is 7.99. The number of rotatable bonds is 4. The fourth-order valence-corrected chi connectivity index (χ4v) is 3.47. The smallest absolute Gasteiger partial charge is 0.0739 e. The Hall–Kier alpha value is -0.390.